The predicted octanol–water partition coefficient (Wildman–Crippen LogP) is 1.84. The van der Waals surface area contributed by atoms with Gasteiger partial charge in [0.15, 0.2) is 0 Å². The smallest absolute Gasteiger partial charge is 0.224 e. The number of piperazine rings is 1. The molecule has 1 aromatic heterocycles. The molecule has 4 rings (SSSR count). The maximum Gasteiger partial charge on any atom is 0.224 e. The van der Waals surface area contributed by atoms with Crippen molar-refractivity contribution in [2.45, 2.75) is 50.5 Å². The number of hydrogen-bond donors (Lipinski definition) is 2. The molecule has 1 aromatic rings. The standard InChI is InChI=1S/C20H33N5O2/c26-12-7-21-20-22-18(16-6-13-27-15-16)14-19(23-20)25-10-8-24(9-11-25)17-4-2-1-3-5-17/h14,16-17,26H,1-13,15H2,(H,21,22,23). The van der Waals surface area contributed by atoms with Crippen LogP contribution in [0.15, 0.2) is 6.07 Å². The summed E-state index contributed by atoms with van der Waals surface area (Å²) in [6.07, 6.45) is 7.95. The van der Waals surface area contributed by atoms with Gasteiger partial charge < -0.3 is 20.1 Å². The molecule has 0 amide bonds. The van der Waals surface area contributed by atoms with Crippen molar-refractivity contribution in [3.05, 3.63) is 11.8 Å². The maximum atomic E-state index is 9.13. The van der Waals surface area contributed by atoms with E-state index in [0.717, 1.165) is 63.4 Å². The van der Waals surface area contributed by atoms with Gasteiger partial charge in [-0.25, -0.2) is 4.98 Å². The molecule has 2 saturated heterocycles. The Balaban J connectivity index is 1.44. The van der Waals surface area contributed by atoms with Gasteiger partial charge in [-0.15, -0.1) is 0 Å². The molecule has 0 radical (unpaired) electrons. The highest BCUT2D eigenvalue weighted by molar-refractivity contribution is 5.46. The van der Waals surface area contributed by atoms with E-state index in [-0.39, 0.29) is 6.61 Å². The topological polar surface area (TPSA) is 73.8 Å². The number of aliphatic hydroxyl groups is 1. The van der Waals surface area contributed by atoms with Gasteiger partial charge in [0.25, 0.3) is 0 Å². The number of nitrogens with one attached hydrogen (secondary N) is 1. The summed E-state index contributed by atoms with van der Waals surface area (Å²) in [7, 11) is 0. The first-order valence-corrected chi connectivity index (χ1v) is 10.6. The quantitative estimate of drug-likeness (QED) is 0.786. The van der Waals surface area contributed by atoms with Gasteiger partial charge in [-0.1, -0.05) is 19.3 Å². The highest BCUT2D eigenvalue weighted by Gasteiger charge is 2.27. The zero-order valence-electron chi connectivity index (χ0n) is 16.3. The Morgan fingerprint density at radius 3 is 2.59 bits per heavy atom. The molecule has 3 aliphatic rings. The average Bonchev–Trinajstić information content (AvgIpc) is 3.28. The number of hydrogen-bond acceptors (Lipinski definition) is 7. The molecule has 1 atom stereocenters. The van der Waals surface area contributed by atoms with E-state index in [4.69, 9.17) is 14.8 Å². The summed E-state index contributed by atoms with van der Waals surface area (Å²) in [5, 5.41) is 12.3. The lowest BCUT2D eigenvalue weighted by atomic mass is 9.94. The van der Waals surface area contributed by atoms with E-state index < -0.39 is 0 Å². The molecule has 7 heteroatoms. The summed E-state index contributed by atoms with van der Waals surface area (Å²) >= 11 is 0. The molecule has 1 unspecified atom stereocenters. The van der Waals surface area contributed by atoms with Gasteiger partial charge in [0.1, 0.15) is 5.82 Å². The summed E-state index contributed by atoms with van der Waals surface area (Å²) in [6, 6.07) is 2.94. The maximum absolute atomic E-state index is 9.13. The molecule has 1 aliphatic carbocycles. The first kappa shape index (κ1) is 18.9. The van der Waals surface area contributed by atoms with Crippen LogP contribution in [0.25, 0.3) is 0 Å². The van der Waals surface area contributed by atoms with Crippen LogP contribution in [-0.4, -0.2) is 78.6 Å². The molecular formula is C20H33N5O2. The number of rotatable bonds is 6. The summed E-state index contributed by atoms with van der Waals surface area (Å²) in [6.45, 7) is 6.39. The largest absolute Gasteiger partial charge is 0.395 e. The number of aliphatic hydroxyl groups excluding tert-OH is 1. The molecule has 2 aliphatic heterocycles. The Kier molecular flexibility index (Phi) is 6.42. The van der Waals surface area contributed by atoms with Crippen LogP contribution >= 0.6 is 0 Å². The molecule has 1 saturated carbocycles. The minimum atomic E-state index is 0.0789. The van der Waals surface area contributed by atoms with E-state index in [9.17, 15) is 0 Å². The van der Waals surface area contributed by atoms with Crippen LogP contribution in [0.3, 0.4) is 0 Å². The molecule has 0 bridgehead atoms. The summed E-state index contributed by atoms with van der Waals surface area (Å²) in [5.41, 5.74) is 1.06. The zero-order chi connectivity index (χ0) is 18.5. The van der Waals surface area contributed by atoms with Gasteiger partial charge in [0, 0.05) is 57.4 Å². The predicted molar refractivity (Wildman–Crippen MR) is 106 cm³/mol. The van der Waals surface area contributed by atoms with Gasteiger partial charge in [0.05, 0.1) is 18.9 Å². The fourth-order valence-corrected chi connectivity index (χ4v) is 4.60. The lowest BCUT2D eigenvalue weighted by Crippen LogP contribution is -2.51. The number of nitrogens with zero attached hydrogens (tertiary/aromatic N) is 4. The van der Waals surface area contributed by atoms with Crippen molar-refractivity contribution in [3.8, 4) is 0 Å². The van der Waals surface area contributed by atoms with Crippen molar-refractivity contribution in [1.82, 2.24) is 14.9 Å². The summed E-state index contributed by atoms with van der Waals surface area (Å²) < 4.78 is 5.56. The fourth-order valence-electron chi connectivity index (χ4n) is 4.60. The zero-order valence-corrected chi connectivity index (χ0v) is 16.3. The average molecular weight is 376 g/mol. The van der Waals surface area contributed by atoms with Gasteiger partial charge in [-0.2, -0.15) is 4.98 Å². The van der Waals surface area contributed by atoms with E-state index in [1.54, 1.807) is 0 Å². The summed E-state index contributed by atoms with van der Waals surface area (Å²) in [5.74, 6) is 1.98. The van der Waals surface area contributed by atoms with Crippen LogP contribution in [-0.2, 0) is 4.74 Å². The van der Waals surface area contributed by atoms with Gasteiger partial charge >= 0.3 is 0 Å². The minimum absolute atomic E-state index is 0.0789. The normalized spacial score (nSPS) is 25.1. The third-order valence-electron chi connectivity index (χ3n) is 6.20. The van der Waals surface area contributed by atoms with Gasteiger partial charge in [0.2, 0.25) is 5.95 Å². The van der Waals surface area contributed by atoms with Crippen LogP contribution in [0.4, 0.5) is 11.8 Å². The monoisotopic (exact) mass is 375 g/mol. The van der Waals surface area contributed by atoms with E-state index in [0.29, 0.717) is 18.4 Å². The second-order valence-corrected chi connectivity index (χ2v) is 8.00. The Labute approximate surface area is 162 Å². The van der Waals surface area contributed by atoms with Gasteiger partial charge in [-0.05, 0) is 19.3 Å². The number of aromatic nitrogens is 2. The first-order valence-electron chi connectivity index (χ1n) is 10.6. The molecule has 2 N–H and O–H groups in total. The van der Waals surface area contributed by atoms with Crippen molar-refractivity contribution in [3.63, 3.8) is 0 Å². The Hall–Kier alpha value is -1.44. The molecule has 0 aromatic carbocycles. The van der Waals surface area contributed by atoms with E-state index in [2.05, 4.69) is 26.2 Å². The molecule has 3 heterocycles. The van der Waals surface area contributed by atoms with Crippen molar-refractivity contribution < 1.29 is 9.84 Å². The second-order valence-electron chi connectivity index (χ2n) is 8.00. The Morgan fingerprint density at radius 1 is 1.07 bits per heavy atom. The molecule has 150 valence electrons. The second kappa shape index (κ2) is 9.17. The third-order valence-corrected chi connectivity index (χ3v) is 6.20. The van der Waals surface area contributed by atoms with Crippen LogP contribution in [0.1, 0.15) is 50.1 Å². The molecular weight excluding hydrogens is 342 g/mol. The van der Waals surface area contributed by atoms with Gasteiger partial charge in [-0.3, -0.25) is 4.90 Å². The Morgan fingerprint density at radius 2 is 1.89 bits per heavy atom. The Bertz CT molecular complexity index is 594. The van der Waals surface area contributed by atoms with Crippen LogP contribution in [0.2, 0.25) is 0 Å². The minimum Gasteiger partial charge on any atom is -0.395 e. The fraction of sp³-hybridized carbons (Fsp3) is 0.800. The van der Waals surface area contributed by atoms with Crippen LogP contribution < -0.4 is 10.2 Å². The number of anilines is 2. The number of ether oxygens (including phenoxy) is 1. The van der Waals surface area contributed by atoms with Crippen molar-refractivity contribution in [2.24, 2.45) is 0 Å². The van der Waals surface area contributed by atoms with Crippen molar-refractivity contribution >= 4 is 11.8 Å². The van der Waals surface area contributed by atoms with Crippen molar-refractivity contribution in [1.29, 1.82) is 0 Å². The first-order chi connectivity index (χ1) is 13.3. The molecule has 7 nitrogen and oxygen atoms in total. The van der Waals surface area contributed by atoms with E-state index in [1.807, 2.05) is 0 Å². The van der Waals surface area contributed by atoms with E-state index in [1.165, 1.54) is 32.1 Å². The summed E-state index contributed by atoms with van der Waals surface area (Å²) in [4.78, 5) is 14.5. The lowest BCUT2D eigenvalue weighted by molar-refractivity contribution is 0.147. The SMILES string of the molecule is OCCNc1nc(C2CCOC2)cc(N2CCN(C3CCCCC3)CC2)n1. The van der Waals surface area contributed by atoms with Crippen LogP contribution in [0, 0.1) is 0 Å². The molecule has 0 spiro atoms. The van der Waals surface area contributed by atoms with E-state index >= 15 is 0 Å². The highest BCUT2D eigenvalue weighted by atomic mass is 16.5. The lowest BCUT2D eigenvalue weighted by Gasteiger charge is -2.41. The van der Waals surface area contributed by atoms with Crippen LogP contribution in [0.5, 0.6) is 0 Å². The molecule has 27 heavy (non-hydrogen) atoms. The van der Waals surface area contributed by atoms with Crippen molar-refractivity contribution in [2.75, 3.05) is 62.8 Å². The third kappa shape index (κ3) is 4.70. The highest BCUT2D eigenvalue weighted by Crippen LogP contribution is 2.29. The molecule has 3 fully saturated rings.